The minimum atomic E-state index is -0.441. The van der Waals surface area contributed by atoms with Gasteiger partial charge in [-0.3, -0.25) is 4.84 Å². The van der Waals surface area contributed by atoms with Crippen LogP contribution in [-0.4, -0.2) is 62.5 Å². The fourth-order valence-corrected chi connectivity index (χ4v) is 1.78. The molecule has 0 aromatic heterocycles. The Kier molecular flexibility index (Phi) is 4.76. The molecule has 0 saturated carbocycles. The Bertz CT molecular complexity index is 274. The van der Waals surface area contributed by atoms with Gasteiger partial charge in [-0.1, -0.05) is 0 Å². The summed E-state index contributed by atoms with van der Waals surface area (Å²) in [4.78, 5) is 29.9. The van der Waals surface area contributed by atoms with Crippen LogP contribution in [0.1, 0.15) is 13.3 Å². The van der Waals surface area contributed by atoms with Gasteiger partial charge < -0.3 is 14.3 Å². The molecule has 0 aromatic rings. The fourth-order valence-electron chi connectivity index (χ4n) is 1.78. The highest BCUT2D eigenvalue weighted by Crippen LogP contribution is 2.16. The van der Waals surface area contributed by atoms with E-state index in [0.29, 0.717) is 19.5 Å². The van der Waals surface area contributed by atoms with Gasteiger partial charge in [0, 0.05) is 13.7 Å². The largest absolute Gasteiger partial charge is 0.434 e. The van der Waals surface area contributed by atoms with Crippen molar-refractivity contribution in [3.05, 3.63) is 0 Å². The van der Waals surface area contributed by atoms with Crippen molar-refractivity contribution in [2.75, 3.05) is 27.3 Å². The van der Waals surface area contributed by atoms with Crippen molar-refractivity contribution in [3.63, 3.8) is 0 Å². The average molecular weight is 227 g/mol. The Balaban J connectivity index is 2.73. The fraction of sp³-hybridized carbons (Fsp3) is 0.778. The van der Waals surface area contributed by atoms with E-state index in [2.05, 4.69) is 4.65 Å². The first-order valence-corrected chi connectivity index (χ1v) is 5.17. The zero-order valence-corrected chi connectivity index (χ0v) is 9.80. The molecule has 7 heteroatoms. The van der Waals surface area contributed by atoms with E-state index in [1.807, 2.05) is 6.92 Å². The highest BCUT2D eigenvalue weighted by molar-refractivity contribution is 6.70. The molecule has 1 heterocycles. The topological polar surface area (TPSA) is 59.1 Å². The zero-order valence-electron chi connectivity index (χ0n) is 9.80. The highest BCUT2D eigenvalue weighted by atomic mass is 16.7. The molecule has 0 unspecified atom stereocenters. The molecule has 0 aromatic carbocycles. The van der Waals surface area contributed by atoms with Crippen molar-refractivity contribution in [2.45, 2.75) is 19.4 Å². The number of carbonyl (C=O) groups is 2. The van der Waals surface area contributed by atoms with Gasteiger partial charge in [0.1, 0.15) is 5.68 Å². The van der Waals surface area contributed by atoms with Gasteiger partial charge in [0.25, 0.3) is 0 Å². The van der Waals surface area contributed by atoms with E-state index in [1.54, 1.807) is 0 Å². The monoisotopic (exact) mass is 227 g/mol. The van der Waals surface area contributed by atoms with Crippen molar-refractivity contribution in [1.29, 1.82) is 0 Å². The lowest BCUT2D eigenvalue weighted by molar-refractivity contribution is -0.131. The SMILES string of the molecule is CCN1C(=O)N(OC)CC[C@H]1C(=O)[B]OC. The van der Waals surface area contributed by atoms with Crippen LogP contribution in [0.2, 0.25) is 0 Å². The minimum Gasteiger partial charge on any atom is -0.434 e. The van der Waals surface area contributed by atoms with E-state index in [9.17, 15) is 9.59 Å². The van der Waals surface area contributed by atoms with Crippen LogP contribution < -0.4 is 0 Å². The van der Waals surface area contributed by atoms with E-state index >= 15 is 0 Å². The van der Waals surface area contributed by atoms with Gasteiger partial charge in [0.05, 0.1) is 19.7 Å². The molecule has 1 radical (unpaired) electrons. The molecule has 1 rings (SSSR count). The van der Waals surface area contributed by atoms with E-state index in [4.69, 9.17) is 4.84 Å². The molecule has 0 aliphatic carbocycles. The molecule has 1 aliphatic heterocycles. The van der Waals surface area contributed by atoms with Crippen LogP contribution in [-0.2, 0) is 14.3 Å². The number of nitrogens with zero attached hydrogens (tertiary/aromatic N) is 2. The van der Waals surface area contributed by atoms with Crippen molar-refractivity contribution >= 4 is 19.2 Å². The molecule has 1 saturated heterocycles. The Morgan fingerprint density at radius 2 is 2.25 bits per heavy atom. The van der Waals surface area contributed by atoms with Crippen LogP contribution in [0.25, 0.3) is 0 Å². The van der Waals surface area contributed by atoms with Crippen molar-refractivity contribution in [1.82, 2.24) is 9.96 Å². The molecular weight excluding hydrogens is 211 g/mol. The number of hydroxylamine groups is 2. The third-order valence-electron chi connectivity index (χ3n) is 2.56. The van der Waals surface area contributed by atoms with Crippen molar-refractivity contribution in [3.8, 4) is 0 Å². The van der Waals surface area contributed by atoms with Crippen LogP contribution in [0.3, 0.4) is 0 Å². The zero-order chi connectivity index (χ0) is 12.1. The van der Waals surface area contributed by atoms with Crippen LogP contribution in [0.5, 0.6) is 0 Å². The lowest BCUT2D eigenvalue weighted by Gasteiger charge is -2.38. The van der Waals surface area contributed by atoms with Gasteiger partial charge in [-0.15, -0.1) is 0 Å². The first-order valence-electron chi connectivity index (χ1n) is 5.17. The number of hydrogen-bond donors (Lipinski definition) is 0. The quantitative estimate of drug-likeness (QED) is 0.613. The van der Waals surface area contributed by atoms with E-state index in [0.717, 1.165) is 7.48 Å². The van der Waals surface area contributed by atoms with Gasteiger partial charge in [-0.25, -0.2) is 9.86 Å². The van der Waals surface area contributed by atoms with Gasteiger partial charge in [0.15, 0.2) is 0 Å². The van der Waals surface area contributed by atoms with E-state index < -0.39 is 6.04 Å². The summed E-state index contributed by atoms with van der Waals surface area (Å²) in [5.74, 6) is 0. The Morgan fingerprint density at radius 3 is 2.75 bits per heavy atom. The number of hydrogen-bond acceptors (Lipinski definition) is 4. The second-order valence-corrected chi connectivity index (χ2v) is 3.41. The molecule has 1 atom stereocenters. The predicted molar refractivity (Wildman–Crippen MR) is 57.7 cm³/mol. The Hall–Kier alpha value is -1.08. The Labute approximate surface area is 95.7 Å². The number of amides is 2. The minimum absolute atomic E-state index is 0.187. The smallest absolute Gasteiger partial charge is 0.378 e. The van der Waals surface area contributed by atoms with Crippen LogP contribution >= 0.6 is 0 Å². The lowest BCUT2D eigenvalue weighted by atomic mass is 9.84. The molecule has 6 nitrogen and oxygen atoms in total. The van der Waals surface area contributed by atoms with Crippen LogP contribution in [0.4, 0.5) is 4.79 Å². The Morgan fingerprint density at radius 1 is 1.56 bits per heavy atom. The lowest BCUT2D eigenvalue weighted by Crippen LogP contribution is -2.57. The summed E-state index contributed by atoms with van der Waals surface area (Å²) < 4.78 is 4.68. The number of urea groups is 1. The second kappa shape index (κ2) is 5.86. The van der Waals surface area contributed by atoms with E-state index in [-0.39, 0.29) is 11.7 Å². The van der Waals surface area contributed by atoms with Gasteiger partial charge in [-0.2, -0.15) is 0 Å². The number of likely N-dealkylation sites (N-methyl/N-ethyl adjacent to an activating group) is 1. The molecule has 89 valence electrons. The van der Waals surface area contributed by atoms with Crippen LogP contribution in [0.15, 0.2) is 0 Å². The molecule has 0 bridgehead atoms. The standard InChI is InChI=1S/C9H16BN2O4/c1-4-11-7(8(13)10-15-2)5-6-12(16-3)9(11)14/h7H,4-6H2,1-3H3/t7-/m0/s1. The van der Waals surface area contributed by atoms with Gasteiger partial charge in [0.2, 0.25) is 0 Å². The summed E-state index contributed by atoms with van der Waals surface area (Å²) in [5.41, 5.74) is -0.187. The summed E-state index contributed by atoms with van der Waals surface area (Å²) in [6.45, 7) is 2.70. The first kappa shape index (κ1) is 13.0. The maximum atomic E-state index is 11.8. The van der Waals surface area contributed by atoms with Crippen molar-refractivity contribution in [2.24, 2.45) is 0 Å². The molecule has 16 heavy (non-hydrogen) atoms. The maximum Gasteiger partial charge on any atom is 0.378 e. The second-order valence-electron chi connectivity index (χ2n) is 3.41. The summed E-state index contributed by atoms with van der Waals surface area (Å²) in [6.07, 6.45) is 0.548. The molecule has 1 aliphatic rings. The predicted octanol–water partition coefficient (Wildman–Crippen LogP) is -0.144. The number of rotatable bonds is 5. The third-order valence-corrected chi connectivity index (χ3v) is 2.56. The summed E-state index contributed by atoms with van der Waals surface area (Å²) in [6, 6.07) is -0.719. The third kappa shape index (κ3) is 2.54. The van der Waals surface area contributed by atoms with Crippen LogP contribution in [0, 0.1) is 0 Å². The van der Waals surface area contributed by atoms with Gasteiger partial charge in [-0.05, 0) is 13.3 Å². The summed E-state index contributed by atoms with van der Waals surface area (Å²) >= 11 is 0. The molecule has 2 amide bonds. The number of carbonyl (C=O) groups excluding carboxylic acids is 2. The summed E-state index contributed by atoms with van der Waals surface area (Å²) in [5, 5.41) is 1.25. The maximum absolute atomic E-state index is 11.8. The molecular formula is C9H16BN2O4. The average Bonchev–Trinajstić information content (AvgIpc) is 2.28. The normalized spacial score (nSPS) is 21.2. The van der Waals surface area contributed by atoms with Gasteiger partial charge >= 0.3 is 13.5 Å². The molecule has 1 fully saturated rings. The highest BCUT2D eigenvalue weighted by Gasteiger charge is 2.36. The molecule has 0 N–H and O–H groups in total. The summed E-state index contributed by atoms with van der Waals surface area (Å²) in [7, 11) is 4.00. The van der Waals surface area contributed by atoms with Crippen molar-refractivity contribution < 1.29 is 19.1 Å². The van der Waals surface area contributed by atoms with E-state index in [1.165, 1.54) is 24.2 Å². The molecule has 0 spiro atoms. The first-order chi connectivity index (χ1) is 7.65.